The maximum Gasteiger partial charge on any atom is 0.231 e. The standard InChI is InChI=1S/C11H12O2.C8H8O2.C7H8.C4H8.C2H7N.C2H6/c1-3-11(9(2)12)13-10-7-5-4-6-8-10;1-6-2-3-7-8(4-6)10-5-9-7;1-7-5-3-2-4-6-7;1-2-4-3-1;1-2-3;1-2/h3-8H,1-2H3;2-4H,5H2,1H3;2-6H,1H3;1-4H2;2-3H2,1H3;1-2H3/b11-3+;;;;;. The maximum atomic E-state index is 11.0. The van der Waals surface area contributed by atoms with Crippen LogP contribution in [0.3, 0.4) is 0 Å². The van der Waals surface area contributed by atoms with Crippen molar-refractivity contribution in [1.29, 1.82) is 0 Å². The minimum atomic E-state index is -0.0636. The quantitative estimate of drug-likeness (QED) is 0.268. The van der Waals surface area contributed by atoms with Crippen molar-refractivity contribution in [3.05, 3.63) is 102 Å². The van der Waals surface area contributed by atoms with E-state index in [9.17, 15) is 4.79 Å². The second-order valence-electron chi connectivity index (χ2n) is 8.46. The number of ketones is 1. The minimum absolute atomic E-state index is 0.0636. The number of carbonyl (C=O) groups is 1. The Morgan fingerprint density at radius 3 is 1.72 bits per heavy atom. The monoisotopic (exact) mass is 535 g/mol. The lowest BCUT2D eigenvalue weighted by atomic mass is 10.0. The summed E-state index contributed by atoms with van der Waals surface area (Å²) in [7, 11) is 0. The van der Waals surface area contributed by atoms with Gasteiger partial charge in [-0.1, -0.05) is 107 Å². The van der Waals surface area contributed by atoms with Gasteiger partial charge in [-0.15, -0.1) is 0 Å². The number of hydrogen-bond donors (Lipinski definition) is 1. The van der Waals surface area contributed by atoms with Crippen LogP contribution < -0.4 is 19.9 Å². The zero-order valence-corrected chi connectivity index (χ0v) is 25.0. The summed E-state index contributed by atoms with van der Waals surface area (Å²) in [6.07, 6.45) is 7.66. The molecule has 0 radical (unpaired) electrons. The van der Waals surface area contributed by atoms with Gasteiger partial charge < -0.3 is 19.9 Å². The van der Waals surface area contributed by atoms with Crippen molar-refractivity contribution in [2.45, 2.75) is 74.1 Å². The van der Waals surface area contributed by atoms with Crippen LogP contribution in [0.2, 0.25) is 0 Å². The van der Waals surface area contributed by atoms with Crippen LogP contribution in [0.25, 0.3) is 0 Å². The molecule has 2 aliphatic rings. The van der Waals surface area contributed by atoms with Crippen molar-refractivity contribution in [2.75, 3.05) is 13.3 Å². The van der Waals surface area contributed by atoms with Gasteiger partial charge >= 0.3 is 0 Å². The molecule has 0 saturated heterocycles. The summed E-state index contributed by atoms with van der Waals surface area (Å²) in [4.78, 5) is 11.0. The number of nitrogens with two attached hydrogens (primary N) is 1. The molecule has 0 spiro atoms. The number of allylic oxidation sites excluding steroid dienone is 2. The largest absolute Gasteiger partial charge is 0.454 e. The molecule has 0 unspecified atom stereocenters. The van der Waals surface area contributed by atoms with Gasteiger partial charge in [-0.05, 0) is 63.2 Å². The van der Waals surface area contributed by atoms with Gasteiger partial charge in [0.2, 0.25) is 6.79 Å². The average molecular weight is 536 g/mol. The first-order valence-electron chi connectivity index (χ1n) is 13.9. The number of fused-ring (bicyclic) bond motifs is 1. The number of carbonyl (C=O) groups excluding carboxylic acids is 1. The van der Waals surface area contributed by atoms with Gasteiger partial charge in [-0.3, -0.25) is 4.79 Å². The van der Waals surface area contributed by atoms with Crippen molar-refractivity contribution >= 4 is 5.78 Å². The lowest BCUT2D eigenvalue weighted by Gasteiger charge is -2.05. The van der Waals surface area contributed by atoms with Gasteiger partial charge in [0.15, 0.2) is 23.0 Å². The highest BCUT2D eigenvalue weighted by molar-refractivity contribution is 5.91. The molecule has 1 saturated carbocycles. The number of Topliss-reactive ketones (excluding diaryl/α,β-unsaturated/α-hetero) is 1. The second-order valence-corrected chi connectivity index (χ2v) is 8.46. The van der Waals surface area contributed by atoms with Crippen LogP contribution in [-0.4, -0.2) is 19.1 Å². The van der Waals surface area contributed by atoms with Gasteiger partial charge in [-0.25, -0.2) is 0 Å². The van der Waals surface area contributed by atoms with Crippen molar-refractivity contribution < 1.29 is 19.0 Å². The second kappa shape index (κ2) is 23.5. The maximum absolute atomic E-state index is 11.0. The number of hydrogen-bond acceptors (Lipinski definition) is 5. The number of ether oxygens (including phenoxy) is 3. The first kappa shape index (κ1) is 35.4. The highest BCUT2D eigenvalue weighted by Crippen LogP contribution is 2.31. The van der Waals surface area contributed by atoms with E-state index >= 15 is 0 Å². The Morgan fingerprint density at radius 2 is 1.31 bits per heavy atom. The van der Waals surface area contributed by atoms with Crippen LogP contribution in [0.15, 0.2) is 90.7 Å². The molecular formula is C34H49NO4. The van der Waals surface area contributed by atoms with Crippen LogP contribution >= 0.6 is 0 Å². The molecule has 0 aromatic heterocycles. The summed E-state index contributed by atoms with van der Waals surface area (Å²) in [5.74, 6) is 2.72. The van der Waals surface area contributed by atoms with E-state index in [0.29, 0.717) is 18.3 Å². The van der Waals surface area contributed by atoms with Crippen molar-refractivity contribution in [1.82, 2.24) is 0 Å². The van der Waals surface area contributed by atoms with E-state index < -0.39 is 0 Å². The molecule has 2 N–H and O–H groups in total. The topological polar surface area (TPSA) is 70.8 Å². The van der Waals surface area contributed by atoms with E-state index in [0.717, 1.165) is 18.0 Å². The molecule has 0 bridgehead atoms. The molecule has 0 atom stereocenters. The highest BCUT2D eigenvalue weighted by Gasteiger charge is 2.11. The zero-order valence-electron chi connectivity index (χ0n) is 25.0. The van der Waals surface area contributed by atoms with Crippen LogP contribution in [-0.2, 0) is 4.79 Å². The van der Waals surface area contributed by atoms with Crippen molar-refractivity contribution in [3.63, 3.8) is 0 Å². The zero-order chi connectivity index (χ0) is 29.3. The fourth-order valence-corrected chi connectivity index (χ4v) is 2.74. The number of para-hydroxylation sites is 1. The minimum Gasteiger partial charge on any atom is -0.454 e. The van der Waals surface area contributed by atoms with Gasteiger partial charge in [-0.2, -0.15) is 0 Å². The van der Waals surface area contributed by atoms with Gasteiger partial charge in [0, 0.05) is 6.92 Å². The molecule has 3 aromatic rings. The summed E-state index contributed by atoms with van der Waals surface area (Å²) in [6, 6.07) is 25.4. The Labute approximate surface area is 237 Å². The Morgan fingerprint density at radius 1 is 0.821 bits per heavy atom. The third-order valence-corrected chi connectivity index (χ3v) is 5.05. The van der Waals surface area contributed by atoms with Gasteiger partial charge in [0.25, 0.3) is 0 Å². The van der Waals surface area contributed by atoms with E-state index in [4.69, 9.17) is 19.9 Å². The summed E-state index contributed by atoms with van der Waals surface area (Å²) < 4.78 is 15.6. The Balaban J connectivity index is 0.000000492. The molecule has 1 heterocycles. The summed E-state index contributed by atoms with van der Waals surface area (Å²) in [5, 5.41) is 0. The van der Waals surface area contributed by atoms with E-state index in [2.05, 4.69) is 19.1 Å². The molecule has 5 nitrogen and oxygen atoms in total. The Kier molecular flexibility index (Phi) is 21.4. The molecule has 5 rings (SSSR count). The fraction of sp³-hybridized carbons (Fsp3) is 0.382. The fourth-order valence-electron chi connectivity index (χ4n) is 2.74. The first-order valence-corrected chi connectivity index (χ1v) is 13.9. The van der Waals surface area contributed by atoms with Crippen molar-refractivity contribution in [3.8, 4) is 17.2 Å². The highest BCUT2D eigenvalue weighted by atomic mass is 16.7. The lowest BCUT2D eigenvalue weighted by molar-refractivity contribution is -0.115. The molecule has 1 aliphatic carbocycles. The molecule has 5 heteroatoms. The average Bonchev–Trinajstić information content (AvgIpc) is 3.37. The summed E-state index contributed by atoms with van der Waals surface area (Å²) in [6.45, 7) is 14.4. The smallest absolute Gasteiger partial charge is 0.231 e. The van der Waals surface area contributed by atoms with Crippen LogP contribution in [0, 0.1) is 13.8 Å². The van der Waals surface area contributed by atoms with Crippen LogP contribution in [0.5, 0.6) is 17.2 Å². The third-order valence-electron chi connectivity index (χ3n) is 5.05. The van der Waals surface area contributed by atoms with E-state index in [1.54, 1.807) is 13.0 Å². The van der Waals surface area contributed by atoms with E-state index in [1.807, 2.05) is 94.4 Å². The van der Waals surface area contributed by atoms with E-state index in [-0.39, 0.29) is 5.78 Å². The molecule has 1 fully saturated rings. The predicted octanol–water partition coefficient (Wildman–Crippen LogP) is 8.83. The number of benzene rings is 3. The number of aryl methyl sites for hydroxylation is 2. The molecular weight excluding hydrogens is 486 g/mol. The SMILES string of the molecule is C/C=C(/Oc1ccccc1)C(C)=O.C1CCC1.CC.CCN.Cc1ccc2c(c1)OCO2.Cc1ccccc1. The van der Waals surface area contributed by atoms with Gasteiger partial charge in [0.1, 0.15) is 5.75 Å². The van der Waals surface area contributed by atoms with Crippen LogP contribution in [0.1, 0.15) is 71.4 Å². The number of rotatable bonds is 3. The van der Waals surface area contributed by atoms with Gasteiger partial charge in [0.05, 0.1) is 0 Å². The van der Waals surface area contributed by atoms with Crippen LogP contribution in [0.4, 0.5) is 0 Å². The summed E-state index contributed by atoms with van der Waals surface area (Å²) in [5.41, 5.74) is 7.37. The Bertz CT molecular complexity index is 1030. The summed E-state index contributed by atoms with van der Waals surface area (Å²) >= 11 is 0. The molecule has 39 heavy (non-hydrogen) atoms. The molecule has 1 aliphatic heterocycles. The molecule has 0 amide bonds. The normalized spacial score (nSPS) is 11.8. The lowest BCUT2D eigenvalue weighted by Crippen LogP contribution is -2.03. The molecule has 214 valence electrons. The van der Waals surface area contributed by atoms with E-state index in [1.165, 1.54) is 43.7 Å². The Hall–Kier alpha value is -3.57. The predicted molar refractivity (Wildman–Crippen MR) is 165 cm³/mol. The van der Waals surface area contributed by atoms with Crippen molar-refractivity contribution in [2.24, 2.45) is 5.73 Å². The molecule has 3 aromatic carbocycles. The first-order chi connectivity index (χ1) is 18.9. The third kappa shape index (κ3) is 17.5.